The van der Waals surface area contributed by atoms with Crippen molar-refractivity contribution in [3.63, 3.8) is 0 Å². The van der Waals surface area contributed by atoms with Crippen LogP contribution in [0.2, 0.25) is 0 Å². The third-order valence-corrected chi connectivity index (χ3v) is 10.1. The molecule has 3 aliphatic rings. The van der Waals surface area contributed by atoms with Crippen molar-refractivity contribution in [2.24, 2.45) is 11.3 Å². The molecule has 41 heavy (non-hydrogen) atoms. The Labute approximate surface area is 250 Å². The van der Waals surface area contributed by atoms with Crippen LogP contribution in [0.15, 0.2) is 59.5 Å². The molecule has 1 spiro atoms. The minimum Gasteiger partial charge on any atom is -0.381 e. The lowest BCUT2D eigenvalue weighted by Gasteiger charge is -2.38. The molecule has 10 heteroatoms. The zero-order valence-corrected chi connectivity index (χ0v) is 25.4. The number of likely N-dealkylation sites (tertiary alicyclic amines) is 2. The van der Waals surface area contributed by atoms with Gasteiger partial charge in [-0.15, -0.1) is 12.4 Å². The Morgan fingerprint density at radius 1 is 1.00 bits per heavy atom. The third kappa shape index (κ3) is 7.69. The van der Waals surface area contributed by atoms with Gasteiger partial charge >= 0.3 is 0 Å². The van der Waals surface area contributed by atoms with Gasteiger partial charge in [-0.05, 0) is 74.9 Å². The Balaban J connectivity index is 0.00000387. The molecule has 0 aliphatic carbocycles. The Kier molecular flexibility index (Phi) is 10.5. The number of halogens is 1. The van der Waals surface area contributed by atoms with Gasteiger partial charge in [0.25, 0.3) is 0 Å². The number of benzene rings is 2. The molecule has 8 nitrogen and oxygen atoms in total. The first-order valence-corrected chi connectivity index (χ1v) is 16.4. The number of rotatable bonds is 9. The first-order valence-electron chi connectivity index (χ1n) is 14.5. The molecule has 3 aliphatic heterocycles. The van der Waals surface area contributed by atoms with E-state index >= 15 is 0 Å². The standard InChI is InChI=1S/C31H41N3O5S.ClH/c1-40(37,38)27-9-7-24(8-10-27)23-34-20-16-31(30(34)36)14-18-33(19-15-31)17-11-28(25-5-3-2-4-6-25)32-29(35)26-12-21-39-22-13-26;/h2-10,26,28H,11-23H2,1H3,(H,32,35);1H. The molecule has 1 atom stereocenters. The van der Waals surface area contributed by atoms with Gasteiger partial charge in [-0.2, -0.15) is 0 Å². The Morgan fingerprint density at radius 3 is 2.27 bits per heavy atom. The van der Waals surface area contributed by atoms with Gasteiger partial charge in [-0.1, -0.05) is 42.5 Å². The zero-order chi connectivity index (χ0) is 28.2. The smallest absolute Gasteiger partial charge is 0.229 e. The van der Waals surface area contributed by atoms with Crippen molar-refractivity contribution in [3.05, 3.63) is 65.7 Å². The predicted molar refractivity (Wildman–Crippen MR) is 160 cm³/mol. The van der Waals surface area contributed by atoms with Gasteiger partial charge < -0.3 is 19.9 Å². The summed E-state index contributed by atoms with van der Waals surface area (Å²) >= 11 is 0. The van der Waals surface area contributed by atoms with Crippen molar-refractivity contribution < 1.29 is 22.7 Å². The summed E-state index contributed by atoms with van der Waals surface area (Å²) in [5.41, 5.74) is 1.78. The molecule has 2 amide bonds. The van der Waals surface area contributed by atoms with Gasteiger partial charge in [0.1, 0.15) is 0 Å². The maximum atomic E-state index is 13.5. The number of nitrogens with one attached hydrogen (secondary N) is 1. The fraction of sp³-hybridized carbons (Fsp3) is 0.548. The van der Waals surface area contributed by atoms with Crippen molar-refractivity contribution in [2.75, 3.05) is 45.6 Å². The summed E-state index contributed by atoms with van der Waals surface area (Å²) in [6.07, 6.45) is 6.15. The molecule has 1 unspecified atom stereocenters. The van der Waals surface area contributed by atoms with Gasteiger partial charge in [-0.3, -0.25) is 9.59 Å². The molecule has 2 aromatic rings. The number of hydrogen-bond donors (Lipinski definition) is 1. The molecule has 0 aromatic heterocycles. The highest BCUT2D eigenvalue weighted by atomic mass is 35.5. The van der Waals surface area contributed by atoms with E-state index in [9.17, 15) is 18.0 Å². The van der Waals surface area contributed by atoms with Crippen molar-refractivity contribution in [1.29, 1.82) is 0 Å². The van der Waals surface area contributed by atoms with Crippen LogP contribution in [-0.2, 0) is 30.7 Å². The summed E-state index contributed by atoms with van der Waals surface area (Å²) in [7, 11) is -3.23. The third-order valence-electron chi connectivity index (χ3n) is 8.98. The van der Waals surface area contributed by atoms with Crippen LogP contribution in [0, 0.1) is 11.3 Å². The number of amides is 2. The molecular weight excluding hydrogens is 562 g/mol. The number of hydrogen-bond acceptors (Lipinski definition) is 6. The van der Waals surface area contributed by atoms with Crippen LogP contribution in [0.25, 0.3) is 0 Å². The lowest BCUT2D eigenvalue weighted by molar-refractivity contribution is -0.139. The van der Waals surface area contributed by atoms with E-state index in [2.05, 4.69) is 22.3 Å². The van der Waals surface area contributed by atoms with E-state index in [0.717, 1.165) is 75.8 Å². The van der Waals surface area contributed by atoms with E-state index in [1.54, 1.807) is 24.3 Å². The van der Waals surface area contributed by atoms with E-state index in [-0.39, 0.29) is 41.6 Å². The highest BCUT2D eigenvalue weighted by Gasteiger charge is 2.47. The number of ether oxygens (including phenoxy) is 1. The van der Waals surface area contributed by atoms with Crippen LogP contribution in [0.5, 0.6) is 0 Å². The largest absolute Gasteiger partial charge is 0.381 e. The zero-order valence-electron chi connectivity index (χ0n) is 23.8. The second kappa shape index (κ2) is 13.7. The normalized spacial score (nSPS) is 20.5. The molecule has 0 bridgehead atoms. The molecule has 224 valence electrons. The predicted octanol–water partition coefficient (Wildman–Crippen LogP) is 4.00. The Morgan fingerprint density at radius 2 is 1.63 bits per heavy atom. The van der Waals surface area contributed by atoms with E-state index in [1.807, 2.05) is 23.1 Å². The second-order valence-corrected chi connectivity index (χ2v) is 13.7. The minimum atomic E-state index is -3.23. The Hall–Kier alpha value is -2.46. The molecular formula is C31H42ClN3O5S. The summed E-state index contributed by atoms with van der Waals surface area (Å²) in [6.45, 7) is 5.16. The van der Waals surface area contributed by atoms with Crippen molar-refractivity contribution in [3.8, 4) is 0 Å². The van der Waals surface area contributed by atoms with E-state index < -0.39 is 9.84 Å². The molecule has 1 N–H and O–H groups in total. The summed E-state index contributed by atoms with van der Waals surface area (Å²) in [5.74, 6) is 0.367. The van der Waals surface area contributed by atoms with E-state index in [4.69, 9.17) is 4.74 Å². The molecule has 5 rings (SSSR count). The van der Waals surface area contributed by atoms with Crippen LogP contribution in [0.4, 0.5) is 0 Å². The Bertz CT molecular complexity index is 1270. The van der Waals surface area contributed by atoms with Gasteiger partial charge in [0.05, 0.1) is 16.4 Å². The average Bonchev–Trinajstić information content (AvgIpc) is 3.26. The maximum absolute atomic E-state index is 13.5. The summed E-state index contributed by atoms with van der Waals surface area (Å²) in [6, 6.07) is 17.0. The number of carbonyl (C=O) groups is 2. The van der Waals surface area contributed by atoms with Gasteiger partial charge in [0, 0.05) is 45.0 Å². The fourth-order valence-corrected chi connectivity index (χ4v) is 6.97. The van der Waals surface area contributed by atoms with Crippen molar-refractivity contribution >= 4 is 34.1 Å². The monoisotopic (exact) mass is 603 g/mol. The lowest BCUT2D eigenvalue weighted by Crippen LogP contribution is -2.45. The first-order chi connectivity index (χ1) is 19.2. The van der Waals surface area contributed by atoms with Crippen molar-refractivity contribution in [2.45, 2.75) is 56.0 Å². The van der Waals surface area contributed by atoms with Crippen LogP contribution < -0.4 is 5.32 Å². The number of sulfone groups is 1. The van der Waals surface area contributed by atoms with E-state index in [0.29, 0.717) is 24.7 Å². The second-order valence-electron chi connectivity index (χ2n) is 11.7. The number of piperidine rings is 1. The van der Waals surface area contributed by atoms with Gasteiger partial charge in [0.15, 0.2) is 9.84 Å². The molecule has 3 saturated heterocycles. The van der Waals surface area contributed by atoms with E-state index in [1.165, 1.54) is 6.26 Å². The summed E-state index contributed by atoms with van der Waals surface area (Å²) < 4.78 is 28.9. The van der Waals surface area contributed by atoms with Crippen LogP contribution >= 0.6 is 12.4 Å². The van der Waals surface area contributed by atoms with Gasteiger partial charge in [0.2, 0.25) is 11.8 Å². The lowest BCUT2D eigenvalue weighted by atomic mass is 9.77. The molecule has 3 fully saturated rings. The summed E-state index contributed by atoms with van der Waals surface area (Å²) in [5, 5.41) is 3.32. The molecule has 3 heterocycles. The highest BCUT2D eigenvalue weighted by Crippen LogP contribution is 2.42. The van der Waals surface area contributed by atoms with Crippen LogP contribution in [0.1, 0.15) is 55.7 Å². The fourth-order valence-electron chi connectivity index (χ4n) is 6.34. The minimum absolute atomic E-state index is 0. The van der Waals surface area contributed by atoms with Crippen LogP contribution in [0.3, 0.4) is 0 Å². The topological polar surface area (TPSA) is 96.0 Å². The SMILES string of the molecule is CS(=O)(=O)c1ccc(CN2CCC3(CCN(CCC(NC(=O)C4CCOCC4)c4ccccc4)CC3)C2=O)cc1.Cl. The number of nitrogens with zero attached hydrogens (tertiary/aromatic N) is 2. The molecule has 2 aromatic carbocycles. The average molecular weight is 604 g/mol. The number of carbonyl (C=O) groups excluding carboxylic acids is 2. The first kappa shape index (κ1) is 31.5. The maximum Gasteiger partial charge on any atom is 0.229 e. The van der Waals surface area contributed by atoms with Crippen LogP contribution in [-0.4, -0.2) is 75.7 Å². The summed E-state index contributed by atoms with van der Waals surface area (Å²) in [4.78, 5) is 31.2. The van der Waals surface area contributed by atoms with Gasteiger partial charge in [-0.25, -0.2) is 8.42 Å². The molecule has 0 saturated carbocycles. The molecule has 0 radical (unpaired) electrons. The highest BCUT2D eigenvalue weighted by molar-refractivity contribution is 7.90. The quantitative estimate of drug-likeness (QED) is 0.465. The van der Waals surface area contributed by atoms with Crippen molar-refractivity contribution in [1.82, 2.24) is 15.1 Å².